The van der Waals surface area contributed by atoms with Crippen molar-refractivity contribution in [1.82, 2.24) is 0 Å². The molecular formula is C11H15BO4S. The molecule has 1 atom stereocenters. The summed E-state index contributed by atoms with van der Waals surface area (Å²) in [4.78, 5) is 0.280. The van der Waals surface area contributed by atoms with Crippen LogP contribution in [0.5, 0.6) is 0 Å². The summed E-state index contributed by atoms with van der Waals surface area (Å²) >= 11 is 0. The van der Waals surface area contributed by atoms with Crippen LogP contribution in [0, 0.1) is 0 Å². The summed E-state index contributed by atoms with van der Waals surface area (Å²) in [6, 6.07) is 6.64. The van der Waals surface area contributed by atoms with Gasteiger partial charge in [-0.2, -0.15) is 0 Å². The standard InChI is InChI=1S/C11H15BO4S/c1-8-11(2,3)16-12(15-8)9-5-4-6-10(7-9)17(13)14/h4-8,17H,1-3H3. The second-order valence-corrected chi connectivity index (χ2v) is 5.71. The maximum absolute atomic E-state index is 10.9. The Hall–Kier alpha value is -0.845. The molecule has 1 unspecified atom stereocenters. The van der Waals surface area contributed by atoms with Crippen LogP contribution in [0.3, 0.4) is 0 Å². The van der Waals surface area contributed by atoms with E-state index < -0.39 is 17.8 Å². The molecule has 4 nitrogen and oxygen atoms in total. The van der Waals surface area contributed by atoms with Gasteiger partial charge in [0.2, 0.25) is 0 Å². The SMILES string of the molecule is CC1OB(c2cccc([SH](=O)=O)c2)OC1(C)C. The van der Waals surface area contributed by atoms with Gasteiger partial charge in [0, 0.05) is 0 Å². The lowest BCUT2D eigenvalue weighted by atomic mass is 9.79. The number of thiol groups is 1. The second kappa shape index (κ2) is 4.44. The Morgan fingerprint density at radius 1 is 1.35 bits per heavy atom. The van der Waals surface area contributed by atoms with Crippen molar-refractivity contribution in [2.45, 2.75) is 37.4 Å². The Labute approximate surface area is 103 Å². The molecule has 0 spiro atoms. The van der Waals surface area contributed by atoms with Crippen molar-refractivity contribution in [2.75, 3.05) is 0 Å². The van der Waals surface area contributed by atoms with Crippen LogP contribution in [0.1, 0.15) is 20.8 Å². The molecule has 1 aromatic rings. The van der Waals surface area contributed by atoms with Gasteiger partial charge in [-0.25, -0.2) is 8.42 Å². The fraction of sp³-hybridized carbons (Fsp3) is 0.455. The van der Waals surface area contributed by atoms with Crippen molar-refractivity contribution in [3.63, 3.8) is 0 Å². The third-order valence-electron chi connectivity index (χ3n) is 3.07. The summed E-state index contributed by atoms with van der Waals surface area (Å²) in [5, 5.41) is 0. The van der Waals surface area contributed by atoms with Gasteiger partial charge in [-0.3, -0.25) is 0 Å². The summed E-state index contributed by atoms with van der Waals surface area (Å²) in [6.07, 6.45) is -0.0304. The lowest BCUT2D eigenvalue weighted by molar-refractivity contribution is 0.0842. The van der Waals surface area contributed by atoms with E-state index in [4.69, 9.17) is 9.31 Å². The molecule has 17 heavy (non-hydrogen) atoms. The molecular weight excluding hydrogens is 239 g/mol. The van der Waals surface area contributed by atoms with Crippen LogP contribution < -0.4 is 5.46 Å². The first-order valence-electron chi connectivity index (χ1n) is 5.48. The van der Waals surface area contributed by atoms with Gasteiger partial charge < -0.3 is 9.31 Å². The summed E-state index contributed by atoms with van der Waals surface area (Å²) < 4.78 is 33.3. The van der Waals surface area contributed by atoms with E-state index in [1.807, 2.05) is 20.8 Å². The van der Waals surface area contributed by atoms with Crippen molar-refractivity contribution in [3.8, 4) is 0 Å². The number of benzene rings is 1. The number of hydrogen-bond donors (Lipinski definition) is 1. The molecule has 1 heterocycles. The van der Waals surface area contributed by atoms with Crippen LogP contribution in [0.2, 0.25) is 0 Å². The highest BCUT2D eigenvalue weighted by Gasteiger charge is 2.43. The first-order chi connectivity index (χ1) is 7.90. The summed E-state index contributed by atoms with van der Waals surface area (Å²) in [7, 11) is -3.06. The predicted octanol–water partition coefficient (Wildman–Crippen LogP) is 0.566. The molecule has 1 saturated heterocycles. The fourth-order valence-electron chi connectivity index (χ4n) is 1.68. The largest absolute Gasteiger partial charge is 0.494 e. The van der Waals surface area contributed by atoms with E-state index in [2.05, 4.69) is 0 Å². The molecule has 1 aliphatic rings. The smallest absolute Gasteiger partial charge is 0.402 e. The van der Waals surface area contributed by atoms with Crippen molar-refractivity contribution in [1.29, 1.82) is 0 Å². The Balaban J connectivity index is 2.28. The van der Waals surface area contributed by atoms with Crippen molar-refractivity contribution in [3.05, 3.63) is 24.3 Å². The van der Waals surface area contributed by atoms with E-state index in [1.165, 1.54) is 0 Å². The van der Waals surface area contributed by atoms with Crippen LogP contribution in [0.25, 0.3) is 0 Å². The monoisotopic (exact) mass is 254 g/mol. The molecule has 0 aliphatic carbocycles. The average Bonchev–Trinajstić information content (AvgIpc) is 2.54. The molecule has 0 N–H and O–H groups in total. The summed E-state index contributed by atoms with van der Waals surface area (Å²) in [5.41, 5.74) is 0.375. The minimum Gasteiger partial charge on any atom is -0.402 e. The van der Waals surface area contributed by atoms with Crippen LogP contribution in [0.15, 0.2) is 29.2 Å². The van der Waals surface area contributed by atoms with E-state index in [-0.39, 0.29) is 16.6 Å². The number of rotatable bonds is 2. The Kier molecular flexibility index (Phi) is 3.29. The molecule has 2 rings (SSSR count). The van der Waals surface area contributed by atoms with E-state index in [1.54, 1.807) is 24.3 Å². The van der Waals surface area contributed by atoms with Gasteiger partial charge in [0.15, 0.2) is 10.7 Å². The van der Waals surface area contributed by atoms with Gasteiger partial charge in [0.05, 0.1) is 16.6 Å². The Bertz CT molecular complexity index is 490. The Morgan fingerprint density at radius 2 is 2.06 bits per heavy atom. The van der Waals surface area contributed by atoms with Gasteiger partial charge in [-0.05, 0) is 38.4 Å². The molecule has 1 fully saturated rings. The molecule has 1 aliphatic heterocycles. The van der Waals surface area contributed by atoms with Crippen molar-refractivity contribution in [2.24, 2.45) is 0 Å². The molecule has 6 heteroatoms. The van der Waals surface area contributed by atoms with Gasteiger partial charge >= 0.3 is 7.12 Å². The van der Waals surface area contributed by atoms with Gasteiger partial charge in [-0.1, -0.05) is 12.1 Å². The van der Waals surface area contributed by atoms with Crippen molar-refractivity contribution < 1.29 is 17.7 Å². The minimum absolute atomic E-state index is 0.0304. The highest BCUT2D eigenvalue weighted by molar-refractivity contribution is 7.72. The third-order valence-corrected chi connectivity index (χ3v) is 3.77. The van der Waals surface area contributed by atoms with E-state index in [0.717, 1.165) is 5.46 Å². The minimum atomic E-state index is -2.57. The highest BCUT2D eigenvalue weighted by atomic mass is 32.2. The first kappa shape index (κ1) is 12.6. The quantitative estimate of drug-likeness (QED) is 0.619. The number of hydrogen-bond acceptors (Lipinski definition) is 4. The molecule has 0 radical (unpaired) electrons. The first-order valence-corrected chi connectivity index (χ1v) is 6.65. The zero-order chi connectivity index (χ0) is 12.6. The van der Waals surface area contributed by atoms with E-state index in [9.17, 15) is 8.42 Å². The predicted molar refractivity (Wildman–Crippen MR) is 66.1 cm³/mol. The third kappa shape index (κ3) is 2.54. The lowest BCUT2D eigenvalue weighted by Crippen LogP contribution is -2.34. The van der Waals surface area contributed by atoms with Gasteiger partial charge in [0.25, 0.3) is 0 Å². The molecule has 0 amide bonds. The second-order valence-electron chi connectivity index (χ2n) is 4.68. The maximum atomic E-state index is 10.9. The molecule has 0 saturated carbocycles. The zero-order valence-corrected chi connectivity index (χ0v) is 10.9. The summed E-state index contributed by atoms with van der Waals surface area (Å²) in [5.74, 6) is 0. The lowest BCUT2D eigenvalue weighted by Gasteiger charge is -2.21. The van der Waals surface area contributed by atoms with Crippen LogP contribution in [0.4, 0.5) is 0 Å². The summed E-state index contributed by atoms with van der Waals surface area (Å²) in [6.45, 7) is 5.85. The van der Waals surface area contributed by atoms with E-state index in [0.29, 0.717) is 0 Å². The zero-order valence-electron chi connectivity index (χ0n) is 10.0. The molecule has 92 valence electrons. The molecule has 1 aromatic carbocycles. The topological polar surface area (TPSA) is 52.6 Å². The maximum Gasteiger partial charge on any atom is 0.494 e. The van der Waals surface area contributed by atoms with Crippen LogP contribution in [-0.4, -0.2) is 27.2 Å². The van der Waals surface area contributed by atoms with E-state index >= 15 is 0 Å². The highest BCUT2D eigenvalue weighted by Crippen LogP contribution is 2.26. The van der Waals surface area contributed by atoms with Crippen molar-refractivity contribution >= 4 is 23.3 Å². The normalized spacial score (nSPS) is 23.3. The van der Waals surface area contributed by atoms with Gasteiger partial charge in [-0.15, -0.1) is 0 Å². The fourth-order valence-corrected chi connectivity index (χ4v) is 2.14. The van der Waals surface area contributed by atoms with Gasteiger partial charge in [0.1, 0.15) is 0 Å². The van der Waals surface area contributed by atoms with Crippen LogP contribution >= 0.6 is 0 Å². The average molecular weight is 254 g/mol. The van der Waals surface area contributed by atoms with Crippen LogP contribution in [-0.2, 0) is 20.0 Å². The molecule has 0 bridgehead atoms. The Morgan fingerprint density at radius 3 is 2.59 bits per heavy atom. The molecule has 0 aromatic heterocycles.